The summed E-state index contributed by atoms with van der Waals surface area (Å²) in [6.07, 6.45) is 2.30. The quantitative estimate of drug-likeness (QED) is 0.518. The highest BCUT2D eigenvalue weighted by Gasteiger charge is 2.04. The highest BCUT2D eigenvalue weighted by molar-refractivity contribution is 4.58. The van der Waals surface area contributed by atoms with Gasteiger partial charge in [0.2, 0.25) is 0 Å². The number of hydrogen-bond donors (Lipinski definition) is 1. The lowest BCUT2D eigenvalue weighted by atomic mass is 10.3. The van der Waals surface area contributed by atoms with E-state index < -0.39 is 0 Å². The molecule has 0 rings (SSSR count). The third-order valence-corrected chi connectivity index (χ3v) is 2.30. The molecule has 98 valence electrons. The average Bonchev–Trinajstić information content (AvgIpc) is 2.32. The maximum Gasteiger partial charge on any atom is 0.0704 e. The van der Waals surface area contributed by atoms with Crippen molar-refractivity contribution in [1.29, 1.82) is 0 Å². The summed E-state index contributed by atoms with van der Waals surface area (Å²) >= 11 is 0. The summed E-state index contributed by atoms with van der Waals surface area (Å²) in [4.78, 5) is 0. The molecule has 0 amide bonds. The third-order valence-electron chi connectivity index (χ3n) is 2.30. The van der Waals surface area contributed by atoms with Gasteiger partial charge < -0.3 is 19.5 Å². The van der Waals surface area contributed by atoms with Crippen LogP contribution < -0.4 is 5.32 Å². The minimum absolute atomic E-state index is 0.308. The van der Waals surface area contributed by atoms with Crippen LogP contribution in [0.5, 0.6) is 0 Å². The SMILES string of the molecule is CCNCC(CC)OCCOCCCOC. The van der Waals surface area contributed by atoms with E-state index in [0.29, 0.717) is 19.3 Å². The number of hydrogen-bond acceptors (Lipinski definition) is 4. The van der Waals surface area contributed by atoms with Gasteiger partial charge in [-0.05, 0) is 19.4 Å². The van der Waals surface area contributed by atoms with Crippen molar-refractivity contribution in [2.45, 2.75) is 32.8 Å². The Hall–Kier alpha value is -0.160. The molecule has 0 saturated heterocycles. The maximum atomic E-state index is 5.68. The molecule has 0 heterocycles. The van der Waals surface area contributed by atoms with Crippen LogP contribution in [0.1, 0.15) is 26.7 Å². The van der Waals surface area contributed by atoms with E-state index in [9.17, 15) is 0 Å². The molecule has 0 saturated carbocycles. The van der Waals surface area contributed by atoms with Crippen molar-refractivity contribution in [1.82, 2.24) is 5.32 Å². The second-order valence-corrected chi connectivity index (χ2v) is 3.67. The Labute approximate surface area is 99.6 Å². The van der Waals surface area contributed by atoms with Gasteiger partial charge in [-0.3, -0.25) is 0 Å². The van der Waals surface area contributed by atoms with Crippen molar-refractivity contribution >= 4 is 0 Å². The normalized spacial score (nSPS) is 12.9. The largest absolute Gasteiger partial charge is 0.385 e. The molecule has 1 unspecified atom stereocenters. The van der Waals surface area contributed by atoms with Gasteiger partial charge in [0.15, 0.2) is 0 Å². The van der Waals surface area contributed by atoms with E-state index in [4.69, 9.17) is 14.2 Å². The number of ether oxygens (including phenoxy) is 3. The molecule has 0 fully saturated rings. The monoisotopic (exact) mass is 233 g/mol. The Morgan fingerprint density at radius 3 is 2.50 bits per heavy atom. The standard InChI is InChI=1S/C12H27NO3/c1-4-12(11-13-5-2)16-10-9-15-8-6-7-14-3/h12-13H,4-11H2,1-3H3. The van der Waals surface area contributed by atoms with Crippen molar-refractivity contribution in [3.63, 3.8) is 0 Å². The molecule has 0 spiro atoms. The first-order valence-corrected chi connectivity index (χ1v) is 6.24. The number of rotatable bonds is 12. The molecule has 0 aromatic heterocycles. The number of methoxy groups -OCH3 is 1. The predicted molar refractivity (Wildman–Crippen MR) is 65.9 cm³/mol. The van der Waals surface area contributed by atoms with Gasteiger partial charge in [0, 0.05) is 26.9 Å². The van der Waals surface area contributed by atoms with Crippen molar-refractivity contribution in [2.24, 2.45) is 0 Å². The third kappa shape index (κ3) is 10.4. The molecule has 16 heavy (non-hydrogen) atoms. The first kappa shape index (κ1) is 15.8. The lowest BCUT2D eigenvalue weighted by Crippen LogP contribution is -2.29. The molecule has 1 atom stereocenters. The smallest absolute Gasteiger partial charge is 0.0704 e. The molecule has 0 radical (unpaired) electrons. The zero-order valence-corrected chi connectivity index (χ0v) is 11.0. The van der Waals surface area contributed by atoms with E-state index in [2.05, 4.69) is 19.2 Å². The Morgan fingerprint density at radius 1 is 1.06 bits per heavy atom. The molecule has 0 aliphatic rings. The molecule has 0 aliphatic heterocycles. The van der Waals surface area contributed by atoms with Crippen LogP contribution in [-0.2, 0) is 14.2 Å². The zero-order chi connectivity index (χ0) is 12.1. The van der Waals surface area contributed by atoms with E-state index in [1.54, 1.807) is 7.11 Å². The minimum atomic E-state index is 0.308. The molecule has 0 aromatic rings. The fourth-order valence-corrected chi connectivity index (χ4v) is 1.31. The molecular formula is C12H27NO3. The molecular weight excluding hydrogens is 206 g/mol. The summed E-state index contributed by atoms with van der Waals surface area (Å²) < 4.78 is 16.0. The number of likely N-dealkylation sites (N-methyl/N-ethyl adjacent to an activating group) is 1. The average molecular weight is 233 g/mol. The fraction of sp³-hybridized carbons (Fsp3) is 1.00. The van der Waals surface area contributed by atoms with E-state index >= 15 is 0 Å². The lowest BCUT2D eigenvalue weighted by Gasteiger charge is -2.16. The second kappa shape index (κ2) is 12.9. The molecule has 0 aliphatic carbocycles. The zero-order valence-electron chi connectivity index (χ0n) is 11.0. The van der Waals surface area contributed by atoms with Gasteiger partial charge in [-0.1, -0.05) is 13.8 Å². The molecule has 0 aromatic carbocycles. The van der Waals surface area contributed by atoms with Crippen LogP contribution in [0, 0.1) is 0 Å². The van der Waals surface area contributed by atoms with Crippen LogP contribution >= 0.6 is 0 Å². The van der Waals surface area contributed by atoms with E-state index in [1.165, 1.54) is 0 Å². The summed E-state index contributed by atoms with van der Waals surface area (Å²) in [6, 6.07) is 0. The summed E-state index contributed by atoms with van der Waals surface area (Å²) in [5, 5.41) is 3.29. The molecule has 1 N–H and O–H groups in total. The van der Waals surface area contributed by atoms with E-state index in [-0.39, 0.29) is 0 Å². The minimum Gasteiger partial charge on any atom is -0.385 e. The van der Waals surface area contributed by atoms with Crippen molar-refractivity contribution in [3.05, 3.63) is 0 Å². The fourth-order valence-electron chi connectivity index (χ4n) is 1.31. The summed E-state index contributed by atoms with van der Waals surface area (Å²) in [6.45, 7) is 9.03. The highest BCUT2D eigenvalue weighted by atomic mass is 16.5. The summed E-state index contributed by atoms with van der Waals surface area (Å²) in [7, 11) is 1.70. The lowest BCUT2D eigenvalue weighted by molar-refractivity contribution is 0.000729. The van der Waals surface area contributed by atoms with Gasteiger partial charge >= 0.3 is 0 Å². The van der Waals surface area contributed by atoms with Gasteiger partial charge in [-0.15, -0.1) is 0 Å². The molecule has 4 nitrogen and oxygen atoms in total. The van der Waals surface area contributed by atoms with Crippen LogP contribution in [0.15, 0.2) is 0 Å². The van der Waals surface area contributed by atoms with Crippen LogP contribution in [0.2, 0.25) is 0 Å². The Balaban J connectivity index is 3.20. The van der Waals surface area contributed by atoms with E-state index in [0.717, 1.165) is 39.1 Å². The predicted octanol–water partition coefficient (Wildman–Crippen LogP) is 1.44. The Morgan fingerprint density at radius 2 is 1.88 bits per heavy atom. The van der Waals surface area contributed by atoms with Gasteiger partial charge in [-0.2, -0.15) is 0 Å². The van der Waals surface area contributed by atoms with Crippen LogP contribution in [-0.4, -0.2) is 52.7 Å². The van der Waals surface area contributed by atoms with Crippen molar-refractivity contribution < 1.29 is 14.2 Å². The maximum absolute atomic E-state index is 5.68. The van der Waals surface area contributed by atoms with E-state index in [1.807, 2.05) is 0 Å². The Kier molecular flexibility index (Phi) is 12.8. The van der Waals surface area contributed by atoms with Crippen molar-refractivity contribution in [3.8, 4) is 0 Å². The first-order valence-electron chi connectivity index (χ1n) is 6.24. The molecule has 0 bridgehead atoms. The first-order chi connectivity index (χ1) is 7.85. The topological polar surface area (TPSA) is 39.7 Å². The summed E-state index contributed by atoms with van der Waals surface area (Å²) in [5.41, 5.74) is 0. The summed E-state index contributed by atoms with van der Waals surface area (Å²) in [5.74, 6) is 0. The van der Waals surface area contributed by atoms with Gasteiger partial charge in [-0.25, -0.2) is 0 Å². The van der Waals surface area contributed by atoms with Crippen LogP contribution in [0.3, 0.4) is 0 Å². The van der Waals surface area contributed by atoms with Crippen LogP contribution in [0.25, 0.3) is 0 Å². The van der Waals surface area contributed by atoms with Crippen LogP contribution in [0.4, 0.5) is 0 Å². The Bertz CT molecular complexity index is 133. The van der Waals surface area contributed by atoms with Crippen molar-refractivity contribution in [2.75, 3.05) is 46.6 Å². The highest BCUT2D eigenvalue weighted by Crippen LogP contribution is 1.96. The van der Waals surface area contributed by atoms with Gasteiger partial charge in [0.25, 0.3) is 0 Å². The second-order valence-electron chi connectivity index (χ2n) is 3.67. The van der Waals surface area contributed by atoms with Gasteiger partial charge in [0.05, 0.1) is 19.3 Å². The van der Waals surface area contributed by atoms with Gasteiger partial charge in [0.1, 0.15) is 0 Å². The molecule has 4 heteroatoms. The number of nitrogens with one attached hydrogen (secondary N) is 1.